The predicted molar refractivity (Wildman–Crippen MR) is 86.6 cm³/mol. The summed E-state index contributed by atoms with van der Waals surface area (Å²) in [6, 6.07) is 7.66. The first kappa shape index (κ1) is 14.8. The van der Waals surface area contributed by atoms with Gasteiger partial charge in [0.05, 0.1) is 17.8 Å². The van der Waals surface area contributed by atoms with E-state index < -0.39 is 0 Å². The Balaban J connectivity index is 1.94. The number of nitrogens with zero attached hydrogens (tertiary/aromatic N) is 3. The van der Waals surface area contributed by atoms with E-state index in [1.807, 2.05) is 24.3 Å². The molecular formula is C15H16N6O2. The van der Waals surface area contributed by atoms with Crippen molar-refractivity contribution in [3.63, 3.8) is 0 Å². The SMILES string of the molecule is CC(CNc1nc(N)nc2cc(-c3ccn[nH]3)ccc12)OC=O. The summed E-state index contributed by atoms with van der Waals surface area (Å²) < 4.78 is 4.85. The molecule has 118 valence electrons. The molecule has 0 saturated carbocycles. The molecule has 0 fully saturated rings. The average Bonchev–Trinajstić information content (AvgIpc) is 3.06. The van der Waals surface area contributed by atoms with Gasteiger partial charge in [0.1, 0.15) is 11.9 Å². The second-order valence-electron chi connectivity index (χ2n) is 5.06. The van der Waals surface area contributed by atoms with Crippen LogP contribution in [0.5, 0.6) is 0 Å². The first-order valence-corrected chi connectivity index (χ1v) is 7.07. The average molecular weight is 312 g/mol. The monoisotopic (exact) mass is 312 g/mol. The molecule has 1 atom stereocenters. The minimum Gasteiger partial charge on any atom is -0.463 e. The molecule has 0 bridgehead atoms. The number of hydrogen-bond acceptors (Lipinski definition) is 7. The second-order valence-corrected chi connectivity index (χ2v) is 5.06. The zero-order valence-corrected chi connectivity index (χ0v) is 12.5. The Labute approximate surface area is 132 Å². The van der Waals surface area contributed by atoms with Gasteiger partial charge in [-0.3, -0.25) is 9.89 Å². The molecule has 2 aromatic heterocycles. The number of hydrogen-bond donors (Lipinski definition) is 3. The summed E-state index contributed by atoms with van der Waals surface area (Å²) in [6.45, 7) is 2.63. The smallest absolute Gasteiger partial charge is 0.293 e. The van der Waals surface area contributed by atoms with Crippen LogP contribution >= 0.6 is 0 Å². The number of carbonyl (C=O) groups excluding carboxylic acids is 1. The third kappa shape index (κ3) is 3.20. The molecule has 0 aliphatic heterocycles. The summed E-state index contributed by atoms with van der Waals surface area (Å²) >= 11 is 0. The third-order valence-electron chi connectivity index (χ3n) is 3.37. The van der Waals surface area contributed by atoms with Crippen LogP contribution < -0.4 is 11.1 Å². The zero-order valence-electron chi connectivity index (χ0n) is 12.5. The van der Waals surface area contributed by atoms with E-state index in [4.69, 9.17) is 10.5 Å². The van der Waals surface area contributed by atoms with Crippen LogP contribution in [0.25, 0.3) is 22.2 Å². The van der Waals surface area contributed by atoms with Crippen LogP contribution in [0.3, 0.4) is 0 Å². The van der Waals surface area contributed by atoms with E-state index in [9.17, 15) is 4.79 Å². The van der Waals surface area contributed by atoms with Crippen molar-refractivity contribution in [3.05, 3.63) is 30.5 Å². The van der Waals surface area contributed by atoms with Gasteiger partial charge >= 0.3 is 0 Å². The lowest BCUT2D eigenvalue weighted by molar-refractivity contribution is -0.132. The lowest BCUT2D eigenvalue weighted by Crippen LogP contribution is -2.20. The fraction of sp³-hybridized carbons (Fsp3) is 0.200. The molecule has 0 saturated heterocycles. The molecule has 4 N–H and O–H groups in total. The van der Waals surface area contributed by atoms with Gasteiger partial charge in [0.2, 0.25) is 5.95 Å². The first-order chi connectivity index (χ1) is 11.2. The Hall–Kier alpha value is -3.16. The van der Waals surface area contributed by atoms with Gasteiger partial charge in [-0.1, -0.05) is 6.07 Å². The van der Waals surface area contributed by atoms with Crippen molar-refractivity contribution in [1.29, 1.82) is 0 Å². The van der Waals surface area contributed by atoms with Crippen LogP contribution in [0, 0.1) is 0 Å². The Kier molecular flexibility index (Phi) is 4.05. The summed E-state index contributed by atoms with van der Waals surface area (Å²) in [7, 11) is 0. The molecule has 0 spiro atoms. The van der Waals surface area contributed by atoms with Crippen molar-refractivity contribution >= 4 is 29.1 Å². The van der Waals surface area contributed by atoms with Crippen LogP contribution in [-0.2, 0) is 9.53 Å². The zero-order chi connectivity index (χ0) is 16.2. The van der Waals surface area contributed by atoms with E-state index in [0.29, 0.717) is 18.8 Å². The molecule has 0 amide bonds. The first-order valence-electron chi connectivity index (χ1n) is 7.07. The molecule has 0 aliphatic rings. The van der Waals surface area contributed by atoms with Crippen molar-refractivity contribution in [2.24, 2.45) is 0 Å². The maximum absolute atomic E-state index is 10.3. The minimum atomic E-state index is -0.275. The molecular weight excluding hydrogens is 296 g/mol. The fourth-order valence-electron chi connectivity index (χ4n) is 2.25. The Morgan fingerprint density at radius 1 is 1.39 bits per heavy atom. The quantitative estimate of drug-likeness (QED) is 0.591. The normalized spacial score (nSPS) is 12.0. The molecule has 0 aliphatic carbocycles. The van der Waals surface area contributed by atoms with E-state index >= 15 is 0 Å². The van der Waals surface area contributed by atoms with Gasteiger partial charge in [0.15, 0.2) is 0 Å². The van der Waals surface area contributed by atoms with Crippen molar-refractivity contribution in [3.8, 4) is 11.3 Å². The largest absolute Gasteiger partial charge is 0.463 e. The van der Waals surface area contributed by atoms with E-state index in [1.165, 1.54) is 0 Å². The van der Waals surface area contributed by atoms with Gasteiger partial charge in [-0.15, -0.1) is 0 Å². The lowest BCUT2D eigenvalue weighted by atomic mass is 10.1. The van der Waals surface area contributed by atoms with E-state index in [1.54, 1.807) is 13.1 Å². The lowest BCUT2D eigenvalue weighted by Gasteiger charge is -2.13. The van der Waals surface area contributed by atoms with Gasteiger partial charge in [-0.25, -0.2) is 4.98 Å². The van der Waals surface area contributed by atoms with Crippen molar-refractivity contribution < 1.29 is 9.53 Å². The number of rotatable bonds is 6. The maximum Gasteiger partial charge on any atom is 0.293 e. The highest BCUT2D eigenvalue weighted by Gasteiger charge is 2.10. The molecule has 2 heterocycles. The van der Waals surface area contributed by atoms with Crippen molar-refractivity contribution in [2.75, 3.05) is 17.6 Å². The number of nitrogens with one attached hydrogen (secondary N) is 2. The number of carbonyl (C=O) groups is 1. The van der Waals surface area contributed by atoms with Crippen LogP contribution in [0.2, 0.25) is 0 Å². The van der Waals surface area contributed by atoms with Crippen LogP contribution in [0.15, 0.2) is 30.5 Å². The number of benzene rings is 1. The Morgan fingerprint density at radius 2 is 2.26 bits per heavy atom. The molecule has 1 aromatic carbocycles. The number of nitrogens with two attached hydrogens (primary N) is 1. The van der Waals surface area contributed by atoms with Gasteiger partial charge in [0, 0.05) is 17.1 Å². The molecule has 3 rings (SSSR count). The van der Waals surface area contributed by atoms with E-state index in [0.717, 1.165) is 22.2 Å². The standard InChI is InChI=1S/C15H16N6O2/c1-9(23-8-22)7-17-14-11-3-2-10(12-4-5-18-21-12)6-13(11)19-15(16)20-14/h2-6,8-9H,7H2,1H3,(H,18,21)(H3,16,17,19,20). The van der Waals surface area contributed by atoms with E-state index in [2.05, 4.69) is 25.5 Å². The number of aromatic nitrogens is 4. The summed E-state index contributed by atoms with van der Waals surface area (Å²) in [6.07, 6.45) is 1.41. The van der Waals surface area contributed by atoms with Crippen molar-refractivity contribution in [2.45, 2.75) is 13.0 Å². The highest BCUT2D eigenvalue weighted by molar-refractivity contribution is 5.92. The minimum absolute atomic E-state index is 0.172. The summed E-state index contributed by atoms with van der Waals surface area (Å²) in [5, 5.41) is 10.8. The summed E-state index contributed by atoms with van der Waals surface area (Å²) in [4.78, 5) is 18.8. The molecule has 3 aromatic rings. The number of aromatic amines is 1. The number of ether oxygens (including phenoxy) is 1. The molecule has 8 nitrogen and oxygen atoms in total. The fourth-order valence-corrected chi connectivity index (χ4v) is 2.25. The third-order valence-corrected chi connectivity index (χ3v) is 3.37. The second kappa shape index (κ2) is 6.30. The number of anilines is 2. The Bertz CT molecular complexity index is 818. The van der Waals surface area contributed by atoms with Crippen LogP contribution in [-0.4, -0.2) is 39.3 Å². The van der Waals surface area contributed by atoms with Crippen molar-refractivity contribution in [1.82, 2.24) is 20.2 Å². The predicted octanol–water partition coefficient (Wildman–Crippen LogP) is 1.58. The number of H-pyrrole nitrogens is 1. The summed E-state index contributed by atoms with van der Waals surface area (Å²) in [5.74, 6) is 0.774. The number of nitrogen functional groups attached to an aromatic ring is 1. The van der Waals surface area contributed by atoms with E-state index in [-0.39, 0.29) is 12.1 Å². The van der Waals surface area contributed by atoms with Crippen LogP contribution in [0.4, 0.5) is 11.8 Å². The van der Waals surface area contributed by atoms with Gasteiger partial charge in [0.25, 0.3) is 6.47 Å². The molecule has 1 unspecified atom stereocenters. The summed E-state index contributed by atoms with van der Waals surface area (Å²) in [5.41, 5.74) is 8.36. The highest BCUT2D eigenvalue weighted by atomic mass is 16.5. The van der Waals surface area contributed by atoms with Gasteiger partial charge in [-0.2, -0.15) is 10.1 Å². The van der Waals surface area contributed by atoms with Gasteiger partial charge in [-0.05, 0) is 25.1 Å². The Morgan fingerprint density at radius 3 is 3.00 bits per heavy atom. The molecule has 8 heteroatoms. The topological polar surface area (TPSA) is 119 Å². The number of fused-ring (bicyclic) bond motifs is 1. The maximum atomic E-state index is 10.3. The highest BCUT2D eigenvalue weighted by Crippen LogP contribution is 2.26. The molecule has 23 heavy (non-hydrogen) atoms. The van der Waals surface area contributed by atoms with Crippen LogP contribution in [0.1, 0.15) is 6.92 Å². The van der Waals surface area contributed by atoms with Gasteiger partial charge < -0.3 is 15.8 Å². The molecule has 0 radical (unpaired) electrons.